The van der Waals surface area contributed by atoms with Gasteiger partial charge in [-0.25, -0.2) is 0 Å². The largest absolute Gasteiger partial charge is 0.493 e. The van der Waals surface area contributed by atoms with Crippen LogP contribution in [0.25, 0.3) is 0 Å². The average Bonchev–Trinajstić information content (AvgIpc) is 3.10. The van der Waals surface area contributed by atoms with Crippen molar-refractivity contribution in [2.24, 2.45) is 5.92 Å². The maximum atomic E-state index is 12.9. The van der Waals surface area contributed by atoms with E-state index in [-0.39, 0.29) is 5.75 Å². The summed E-state index contributed by atoms with van der Waals surface area (Å²) in [5.41, 5.74) is -0.0838. The molecular weight excluding hydrogens is 243 g/mol. The Morgan fingerprint density at radius 1 is 1.33 bits per heavy atom. The van der Waals surface area contributed by atoms with Gasteiger partial charge in [0.2, 0.25) is 0 Å². The molecule has 0 saturated heterocycles. The van der Waals surface area contributed by atoms with E-state index < -0.39 is 11.7 Å². The van der Waals surface area contributed by atoms with Crippen molar-refractivity contribution in [1.29, 1.82) is 0 Å². The molecule has 0 bridgehead atoms. The minimum Gasteiger partial charge on any atom is -0.493 e. The summed E-state index contributed by atoms with van der Waals surface area (Å²) in [7, 11) is 1.70. The first kappa shape index (κ1) is 13.2. The van der Waals surface area contributed by atoms with Gasteiger partial charge in [0.25, 0.3) is 0 Å². The van der Waals surface area contributed by atoms with Crippen LogP contribution in [-0.2, 0) is 12.7 Å². The zero-order valence-corrected chi connectivity index (χ0v) is 10.2. The standard InChI is InChI=1S/C13H16F3NO/c1-17-7-10-4-5-12(18-8-9-2-3-9)11(6-10)13(14,15)16/h4-6,9,17H,2-3,7-8H2,1H3. The number of benzene rings is 1. The number of nitrogens with one attached hydrogen (secondary N) is 1. The zero-order chi connectivity index (χ0) is 13.2. The van der Waals surface area contributed by atoms with Crippen LogP contribution in [0.3, 0.4) is 0 Å². The summed E-state index contributed by atoms with van der Waals surface area (Å²) in [6.07, 6.45) is -2.26. The molecule has 1 aromatic rings. The predicted octanol–water partition coefficient (Wildman–Crippen LogP) is 3.21. The van der Waals surface area contributed by atoms with E-state index in [0.717, 1.165) is 18.9 Å². The number of alkyl halides is 3. The Balaban J connectivity index is 2.19. The molecule has 5 heteroatoms. The van der Waals surface area contributed by atoms with Gasteiger partial charge in [-0.1, -0.05) is 6.07 Å². The van der Waals surface area contributed by atoms with Gasteiger partial charge >= 0.3 is 6.18 Å². The molecule has 1 aliphatic rings. The Labute approximate surface area is 104 Å². The third kappa shape index (κ3) is 3.38. The van der Waals surface area contributed by atoms with Gasteiger partial charge in [-0.3, -0.25) is 0 Å². The van der Waals surface area contributed by atoms with Crippen molar-refractivity contribution in [2.75, 3.05) is 13.7 Å². The first-order valence-electron chi connectivity index (χ1n) is 5.98. The fourth-order valence-electron chi connectivity index (χ4n) is 1.73. The summed E-state index contributed by atoms with van der Waals surface area (Å²) in [4.78, 5) is 0. The van der Waals surface area contributed by atoms with E-state index in [9.17, 15) is 13.2 Å². The van der Waals surface area contributed by atoms with Gasteiger partial charge in [-0.05, 0) is 43.5 Å². The van der Waals surface area contributed by atoms with Crippen molar-refractivity contribution in [3.05, 3.63) is 29.3 Å². The predicted molar refractivity (Wildman–Crippen MR) is 62.4 cm³/mol. The summed E-state index contributed by atoms with van der Waals surface area (Å²) in [6.45, 7) is 0.792. The van der Waals surface area contributed by atoms with Gasteiger partial charge in [-0.2, -0.15) is 13.2 Å². The summed E-state index contributed by atoms with van der Waals surface area (Å²) in [5.74, 6) is 0.373. The summed E-state index contributed by atoms with van der Waals surface area (Å²) < 4.78 is 44.0. The fourth-order valence-corrected chi connectivity index (χ4v) is 1.73. The number of hydrogen-bond donors (Lipinski definition) is 1. The highest BCUT2D eigenvalue weighted by Crippen LogP contribution is 2.38. The molecule has 1 aromatic carbocycles. The van der Waals surface area contributed by atoms with Crippen molar-refractivity contribution in [1.82, 2.24) is 5.32 Å². The minimum atomic E-state index is -4.37. The SMILES string of the molecule is CNCc1ccc(OCC2CC2)c(C(F)(F)F)c1. The second kappa shape index (κ2) is 5.18. The van der Waals surface area contributed by atoms with Gasteiger partial charge in [0, 0.05) is 6.54 Å². The molecule has 0 spiro atoms. The molecule has 2 nitrogen and oxygen atoms in total. The van der Waals surface area contributed by atoms with E-state index in [1.807, 2.05) is 0 Å². The Hall–Kier alpha value is -1.23. The van der Waals surface area contributed by atoms with Crippen molar-refractivity contribution >= 4 is 0 Å². The van der Waals surface area contributed by atoms with E-state index in [4.69, 9.17) is 4.74 Å². The summed E-state index contributed by atoms with van der Waals surface area (Å²) >= 11 is 0. The fraction of sp³-hybridized carbons (Fsp3) is 0.538. The van der Waals surface area contributed by atoms with E-state index in [1.54, 1.807) is 13.1 Å². The highest BCUT2D eigenvalue weighted by atomic mass is 19.4. The maximum Gasteiger partial charge on any atom is 0.419 e. The molecule has 0 heterocycles. The first-order chi connectivity index (χ1) is 8.50. The first-order valence-corrected chi connectivity index (χ1v) is 5.98. The number of hydrogen-bond acceptors (Lipinski definition) is 2. The van der Waals surface area contributed by atoms with Crippen LogP contribution in [0.2, 0.25) is 0 Å². The Morgan fingerprint density at radius 3 is 2.61 bits per heavy atom. The minimum absolute atomic E-state index is 0.0609. The topological polar surface area (TPSA) is 21.3 Å². The van der Waals surface area contributed by atoms with Crippen molar-refractivity contribution in [2.45, 2.75) is 25.6 Å². The molecule has 1 fully saturated rings. The normalized spacial score (nSPS) is 15.8. The maximum absolute atomic E-state index is 12.9. The van der Waals surface area contributed by atoms with Gasteiger partial charge in [-0.15, -0.1) is 0 Å². The molecule has 100 valence electrons. The van der Waals surface area contributed by atoms with Crippen LogP contribution in [0, 0.1) is 5.92 Å². The zero-order valence-electron chi connectivity index (χ0n) is 10.2. The summed E-state index contributed by atoms with van der Waals surface area (Å²) in [6, 6.07) is 4.23. The van der Waals surface area contributed by atoms with E-state index >= 15 is 0 Å². The summed E-state index contributed by atoms with van der Waals surface area (Å²) in [5, 5.41) is 2.83. The molecule has 0 radical (unpaired) electrons. The lowest BCUT2D eigenvalue weighted by Gasteiger charge is -2.15. The molecule has 1 aliphatic carbocycles. The van der Waals surface area contributed by atoms with Crippen LogP contribution in [0.15, 0.2) is 18.2 Å². The van der Waals surface area contributed by atoms with Crippen molar-refractivity contribution < 1.29 is 17.9 Å². The van der Waals surface area contributed by atoms with Crippen LogP contribution in [0.4, 0.5) is 13.2 Å². The van der Waals surface area contributed by atoms with Crippen LogP contribution in [0.5, 0.6) is 5.75 Å². The second-order valence-electron chi connectivity index (χ2n) is 4.61. The van der Waals surface area contributed by atoms with Crippen LogP contribution >= 0.6 is 0 Å². The molecule has 0 unspecified atom stereocenters. The number of ether oxygens (including phenoxy) is 1. The van der Waals surface area contributed by atoms with Gasteiger partial charge in [0.15, 0.2) is 0 Å². The van der Waals surface area contributed by atoms with Gasteiger partial charge in [0.1, 0.15) is 5.75 Å². The smallest absolute Gasteiger partial charge is 0.419 e. The quantitative estimate of drug-likeness (QED) is 0.876. The molecule has 18 heavy (non-hydrogen) atoms. The van der Waals surface area contributed by atoms with E-state index in [1.165, 1.54) is 6.07 Å². The van der Waals surface area contributed by atoms with Gasteiger partial charge in [0.05, 0.1) is 12.2 Å². The lowest BCUT2D eigenvalue weighted by atomic mass is 10.1. The monoisotopic (exact) mass is 259 g/mol. The van der Waals surface area contributed by atoms with E-state index in [2.05, 4.69) is 5.32 Å². The average molecular weight is 259 g/mol. The molecule has 1 saturated carbocycles. The Bertz CT molecular complexity index is 413. The molecule has 0 amide bonds. The third-order valence-electron chi connectivity index (χ3n) is 2.90. The molecule has 1 N–H and O–H groups in total. The van der Waals surface area contributed by atoms with E-state index in [0.29, 0.717) is 24.6 Å². The van der Waals surface area contributed by atoms with Crippen LogP contribution in [-0.4, -0.2) is 13.7 Å². The Morgan fingerprint density at radius 2 is 2.06 bits per heavy atom. The lowest BCUT2D eigenvalue weighted by Crippen LogP contribution is -2.12. The molecule has 0 aliphatic heterocycles. The highest BCUT2D eigenvalue weighted by molar-refractivity contribution is 5.39. The van der Waals surface area contributed by atoms with Crippen molar-refractivity contribution in [3.8, 4) is 5.75 Å². The molecular formula is C13H16F3NO. The highest BCUT2D eigenvalue weighted by Gasteiger charge is 2.35. The van der Waals surface area contributed by atoms with Crippen molar-refractivity contribution in [3.63, 3.8) is 0 Å². The number of halogens is 3. The van der Waals surface area contributed by atoms with Crippen LogP contribution in [0.1, 0.15) is 24.0 Å². The molecule has 0 aromatic heterocycles. The Kier molecular flexibility index (Phi) is 3.80. The molecule has 0 atom stereocenters. The van der Waals surface area contributed by atoms with Gasteiger partial charge < -0.3 is 10.1 Å². The second-order valence-corrected chi connectivity index (χ2v) is 4.61. The molecule has 2 rings (SSSR count). The van der Waals surface area contributed by atoms with Crippen LogP contribution < -0.4 is 10.1 Å². The third-order valence-corrected chi connectivity index (χ3v) is 2.90. The number of rotatable bonds is 5. The lowest BCUT2D eigenvalue weighted by molar-refractivity contribution is -0.139.